The van der Waals surface area contributed by atoms with E-state index in [2.05, 4.69) is 42.3 Å². The van der Waals surface area contributed by atoms with Crippen molar-refractivity contribution in [1.82, 2.24) is 25.1 Å². The minimum absolute atomic E-state index is 0.381. The first-order chi connectivity index (χ1) is 13.6. The van der Waals surface area contributed by atoms with Gasteiger partial charge in [-0.3, -0.25) is 5.10 Å². The largest absolute Gasteiger partial charge is 0.497 e. The first kappa shape index (κ1) is 18.2. The fourth-order valence-electron chi connectivity index (χ4n) is 3.07. The fraction of sp³-hybridized carbons (Fsp3) is 0.316. The molecule has 3 heterocycles. The number of ether oxygens (including phenoxy) is 1. The summed E-state index contributed by atoms with van der Waals surface area (Å²) in [4.78, 5) is 13.4. The van der Waals surface area contributed by atoms with E-state index >= 15 is 0 Å². The van der Waals surface area contributed by atoms with Crippen molar-refractivity contribution in [3.8, 4) is 17.0 Å². The minimum atomic E-state index is -0.381. The molecule has 0 spiro atoms. The maximum Gasteiger partial charge on any atom is 0.227 e. The number of nitrogens with zero attached hydrogens (tertiary/aromatic N) is 5. The van der Waals surface area contributed by atoms with Crippen molar-refractivity contribution >= 4 is 17.6 Å². The zero-order chi connectivity index (χ0) is 19.5. The van der Waals surface area contributed by atoms with Crippen LogP contribution in [0.25, 0.3) is 11.3 Å². The molecule has 2 N–H and O–H groups in total. The number of hydrogen-bond donors (Lipinski definition) is 2. The van der Waals surface area contributed by atoms with Crippen LogP contribution in [0.1, 0.15) is 0 Å². The summed E-state index contributed by atoms with van der Waals surface area (Å²) in [6.45, 7) is 3.75. The van der Waals surface area contributed by atoms with Gasteiger partial charge in [-0.25, -0.2) is 9.37 Å². The van der Waals surface area contributed by atoms with E-state index in [1.807, 2.05) is 0 Å². The van der Waals surface area contributed by atoms with Crippen LogP contribution in [0.5, 0.6) is 5.75 Å². The molecule has 8 nitrogen and oxygen atoms in total. The molecular formula is C19H22FN7O. The van der Waals surface area contributed by atoms with E-state index in [9.17, 15) is 4.39 Å². The lowest BCUT2D eigenvalue weighted by Crippen LogP contribution is -2.45. The van der Waals surface area contributed by atoms with Gasteiger partial charge in [0, 0.05) is 50.1 Å². The van der Waals surface area contributed by atoms with Crippen molar-refractivity contribution in [1.29, 1.82) is 0 Å². The first-order valence-electron chi connectivity index (χ1n) is 9.05. The van der Waals surface area contributed by atoms with Crippen LogP contribution >= 0.6 is 0 Å². The number of halogens is 1. The summed E-state index contributed by atoms with van der Waals surface area (Å²) >= 11 is 0. The standard InChI is InChI=1S/C19H22FN7O/c1-26-7-9-27(10-8-26)19-21-6-5-17(23-19)22-18-12-16(24-25-18)14-4-3-13(28-2)11-15(14)20/h3-6,11-12H,7-10H2,1-2H3,(H2,21,22,23,24,25). The molecule has 28 heavy (non-hydrogen) atoms. The molecule has 0 unspecified atom stereocenters. The number of H-pyrrole nitrogens is 1. The molecule has 0 radical (unpaired) electrons. The molecule has 1 aliphatic rings. The van der Waals surface area contributed by atoms with Crippen molar-refractivity contribution in [3.63, 3.8) is 0 Å². The van der Waals surface area contributed by atoms with E-state index in [0.717, 1.165) is 26.2 Å². The number of hydrogen-bond acceptors (Lipinski definition) is 7. The first-order valence-corrected chi connectivity index (χ1v) is 9.05. The number of methoxy groups -OCH3 is 1. The summed E-state index contributed by atoms with van der Waals surface area (Å²) in [5, 5.41) is 10.2. The van der Waals surface area contributed by atoms with Gasteiger partial charge in [0.1, 0.15) is 17.4 Å². The Morgan fingerprint density at radius 1 is 1.11 bits per heavy atom. The number of nitrogens with one attached hydrogen (secondary N) is 2. The SMILES string of the molecule is COc1ccc(-c2cc(Nc3ccnc(N4CCN(C)CC4)n3)n[nH]2)c(F)c1. The Hall–Kier alpha value is -3.20. The molecule has 0 aliphatic carbocycles. The lowest BCUT2D eigenvalue weighted by atomic mass is 10.1. The van der Waals surface area contributed by atoms with E-state index in [0.29, 0.717) is 34.6 Å². The number of benzene rings is 1. The van der Waals surface area contributed by atoms with Gasteiger partial charge in [0.15, 0.2) is 5.82 Å². The van der Waals surface area contributed by atoms with Gasteiger partial charge >= 0.3 is 0 Å². The lowest BCUT2D eigenvalue weighted by molar-refractivity contribution is 0.311. The Kier molecular flexibility index (Phi) is 5.07. The zero-order valence-corrected chi connectivity index (χ0v) is 15.8. The second-order valence-corrected chi connectivity index (χ2v) is 6.67. The molecule has 1 aromatic carbocycles. The summed E-state index contributed by atoms with van der Waals surface area (Å²) in [5.41, 5.74) is 0.984. The third-order valence-corrected chi connectivity index (χ3v) is 4.73. The van der Waals surface area contributed by atoms with E-state index in [1.165, 1.54) is 13.2 Å². The van der Waals surface area contributed by atoms with Crippen LogP contribution in [-0.2, 0) is 0 Å². The maximum absolute atomic E-state index is 14.3. The van der Waals surface area contributed by atoms with E-state index in [4.69, 9.17) is 4.74 Å². The van der Waals surface area contributed by atoms with Crippen LogP contribution in [0.2, 0.25) is 0 Å². The molecule has 4 rings (SSSR count). The zero-order valence-electron chi connectivity index (χ0n) is 15.8. The topological polar surface area (TPSA) is 82.2 Å². The van der Waals surface area contributed by atoms with Crippen LogP contribution < -0.4 is 15.0 Å². The van der Waals surface area contributed by atoms with Crippen molar-refractivity contribution in [3.05, 3.63) is 42.3 Å². The van der Waals surface area contributed by atoms with Gasteiger partial charge in [-0.05, 0) is 25.2 Å². The van der Waals surface area contributed by atoms with Crippen molar-refractivity contribution in [2.24, 2.45) is 0 Å². The Labute approximate surface area is 162 Å². The second kappa shape index (κ2) is 7.81. The highest BCUT2D eigenvalue weighted by molar-refractivity contribution is 5.66. The van der Waals surface area contributed by atoms with Gasteiger partial charge in [-0.15, -0.1) is 0 Å². The summed E-state index contributed by atoms with van der Waals surface area (Å²) in [5.74, 6) is 1.96. The second-order valence-electron chi connectivity index (χ2n) is 6.67. The Morgan fingerprint density at radius 3 is 2.68 bits per heavy atom. The Morgan fingerprint density at radius 2 is 1.93 bits per heavy atom. The molecule has 9 heteroatoms. The van der Waals surface area contributed by atoms with Gasteiger partial charge in [-0.2, -0.15) is 10.1 Å². The lowest BCUT2D eigenvalue weighted by Gasteiger charge is -2.32. The van der Waals surface area contributed by atoms with Gasteiger partial charge in [0.05, 0.1) is 12.8 Å². The molecular weight excluding hydrogens is 361 g/mol. The van der Waals surface area contributed by atoms with Crippen LogP contribution in [0.4, 0.5) is 22.0 Å². The van der Waals surface area contributed by atoms with Gasteiger partial charge in [0.2, 0.25) is 5.95 Å². The van der Waals surface area contributed by atoms with E-state index in [-0.39, 0.29) is 5.82 Å². The van der Waals surface area contributed by atoms with E-state index < -0.39 is 0 Å². The average molecular weight is 383 g/mol. The summed E-state index contributed by atoms with van der Waals surface area (Å²) in [6, 6.07) is 8.22. The molecule has 0 atom stereocenters. The monoisotopic (exact) mass is 383 g/mol. The number of likely N-dealkylation sites (N-methyl/N-ethyl adjacent to an activating group) is 1. The van der Waals surface area contributed by atoms with E-state index in [1.54, 1.807) is 30.5 Å². The molecule has 0 amide bonds. The van der Waals surface area contributed by atoms with Gasteiger partial charge in [-0.1, -0.05) is 0 Å². The number of piperazine rings is 1. The van der Waals surface area contributed by atoms with Crippen LogP contribution in [0, 0.1) is 5.82 Å². The molecule has 1 saturated heterocycles. The summed E-state index contributed by atoms with van der Waals surface area (Å²) in [7, 11) is 3.61. The van der Waals surface area contributed by atoms with Crippen LogP contribution in [0.15, 0.2) is 36.5 Å². The summed E-state index contributed by atoms with van der Waals surface area (Å²) in [6.07, 6.45) is 1.72. The number of aromatic amines is 1. The fourth-order valence-corrected chi connectivity index (χ4v) is 3.07. The molecule has 1 aliphatic heterocycles. The molecule has 2 aromatic heterocycles. The average Bonchev–Trinajstić information content (AvgIpc) is 3.16. The number of anilines is 3. The predicted molar refractivity (Wildman–Crippen MR) is 106 cm³/mol. The molecule has 0 bridgehead atoms. The molecule has 0 saturated carbocycles. The maximum atomic E-state index is 14.3. The highest BCUT2D eigenvalue weighted by Gasteiger charge is 2.17. The summed E-state index contributed by atoms with van der Waals surface area (Å²) < 4.78 is 19.3. The Bertz CT molecular complexity index is 953. The van der Waals surface area contributed by atoms with Crippen molar-refractivity contribution in [2.75, 3.05) is 50.6 Å². The quantitative estimate of drug-likeness (QED) is 0.700. The predicted octanol–water partition coefficient (Wildman–Crippen LogP) is 2.51. The normalized spacial score (nSPS) is 14.9. The van der Waals surface area contributed by atoms with Gasteiger partial charge < -0.3 is 19.9 Å². The smallest absolute Gasteiger partial charge is 0.227 e. The third kappa shape index (κ3) is 3.89. The van der Waals surface area contributed by atoms with Gasteiger partial charge in [0.25, 0.3) is 0 Å². The van der Waals surface area contributed by atoms with Crippen LogP contribution in [-0.4, -0.2) is 65.4 Å². The van der Waals surface area contributed by atoms with Crippen LogP contribution in [0.3, 0.4) is 0 Å². The molecule has 146 valence electrons. The highest BCUT2D eigenvalue weighted by Crippen LogP contribution is 2.27. The number of rotatable bonds is 5. The minimum Gasteiger partial charge on any atom is -0.497 e. The Balaban J connectivity index is 1.49. The molecule has 3 aromatic rings. The number of aromatic nitrogens is 4. The third-order valence-electron chi connectivity index (χ3n) is 4.73. The highest BCUT2D eigenvalue weighted by atomic mass is 19.1. The molecule has 1 fully saturated rings. The van der Waals surface area contributed by atoms with Crippen molar-refractivity contribution < 1.29 is 9.13 Å². The van der Waals surface area contributed by atoms with Crippen molar-refractivity contribution in [2.45, 2.75) is 0 Å².